The van der Waals surface area contributed by atoms with Gasteiger partial charge < -0.3 is 10.2 Å². The number of non-ortho nitro benzene ring substituents is 1. The second-order valence-corrected chi connectivity index (χ2v) is 3.89. The van der Waals surface area contributed by atoms with Crippen molar-refractivity contribution in [2.75, 3.05) is 5.73 Å². The highest BCUT2D eigenvalue weighted by atomic mass is 16.6. The van der Waals surface area contributed by atoms with Crippen LogP contribution in [-0.2, 0) is 0 Å². The average Bonchev–Trinajstić information content (AvgIpc) is 2.84. The Bertz CT molecular complexity index is 764. The molecule has 0 saturated carbocycles. The Morgan fingerprint density at radius 3 is 2.63 bits per heavy atom. The van der Waals surface area contributed by atoms with Crippen molar-refractivity contribution in [3.8, 4) is 11.1 Å². The number of fused-ring (bicyclic) bond motifs is 1. The quantitative estimate of drug-likeness (QED) is 0.557. The number of benzene rings is 1. The molecule has 94 valence electrons. The van der Waals surface area contributed by atoms with E-state index in [1.54, 1.807) is 12.1 Å². The van der Waals surface area contributed by atoms with Crippen LogP contribution >= 0.6 is 0 Å². The summed E-state index contributed by atoms with van der Waals surface area (Å²) >= 11 is 0. The first kappa shape index (κ1) is 11.1. The van der Waals surface area contributed by atoms with Crippen molar-refractivity contribution in [2.24, 2.45) is 0 Å². The molecule has 19 heavy (non-hydrogen) atoms. The average molecular weight is 256 g/mol. The molecular weight excluding hydrogens is 248 g/mol. The molecule has 7 heteroatoms. The van der Waals surface area contributed by atoms with Crippen LogP contribution in [0.4, 0.5) is 11.5 Å². The molecule has 1 aromatic carbocycles. The summed E-state index contributed by atoms with van der Waals surface area (Å²) in [5.74, 6) is 0.312. The fourth-order valence-electron chi connectivity index (χ4n) is 1.87. The van der Waals surface area contributed by atoms with Gasteiger partial charge in [0.1, 0.15) is 18.4 Å². The van der Waals surface area contributed by atoms with Crippen LogP contribution in [-0.4, -0.2) is 14.9 Å². The lowest BCUT2D eigenvalue weighted by Crippen LogP contribution is -1.92. The van der Waals surface area contributed by atoms with E-state index in [-0.39, 0.29) is 5.69 Å². The zero-order valence-electron chi connectivity index (χ0n) is 9.61. The number of nitrogen functional groups attached to an aromatic ring is 1. The molecule has 7 nitrogen and oxygen atoms in total. The molecule has 2 heterocycles. The number of furan rings is 1. The van der Waals surface area contributed by atoms with Gasteiger partial charge in [0.25, 0.3) is 5.69 Å². The third-order valence-electron chi connectivity index (χ3n) is 2.79. The molecule has 0 amide bonds. The molecule has 0 unspecified atom stereocenters. The van der Waals surface area contributed by atoms with E-state index in [0.29, 0.717) is 22.5 Å². The van der Waals surface area contributed by atoms with Gasteiger partial charge in [-0.05, 0) is 17.7 Å². The molecule has 0 aliphatic rings. The van der Waals surface area contributed by atoms with Gasteiger partial charge in [0, 0.05) is 17.7 Å². The number of nitrogens with two attached hydrogens (primary N) is 1. The minimum Gasteiger partial charge on any atom is -0.445 e. The van der Waals surface area contributed by atoms with Gasteiger partial charge in [-0.15, -0.1) is 0 Å². The summed E-state index contributed by atoms with van der Waals surface area (Å²) < 4.78 is 5.30. The number of rotatable bonds is 2. The maximum Gasteiger partial charge on any atom is 0.269 e. The number of nitrogens with zero attached hydrogens (tertiary/aromatic N) is 3. The van der Waals surface area contributed by atoms with E-state index in [4.69, 9.17) is 10.2 Å². The number of aromatic nitrogens is 2. The normalized spacial score (nSPS) is 10.7. The van der Waals surface area contributed by atoms with Crippen molar-refractivity contribution in [1.82, 2.24) is 9.97 Å². The van der Waals surface area contributed by atoms with E-state index >= 15 is 0 Å². The largest absolute Gasteiger partial charge is 0.445 e. The Labute approximate surface area is 106 Å². The minimum absolute atomic E-state index is 0.0285. The Hall–Kier alpha value is -2.96. The van der Waals surface area contributed by atoms with Gasteiger partial charge in [0.15, 0.2) is 0 Å². The van der Waals surface area contributed by atoms with Crippen molar-refractivity contribution in [3.63, 3.8) is 0 Å². The van der Waals surface area contributed by atoms with Crippen LogP contribution in [0.5, 0.6) is 0 Å². The van der Waals surface area contributed by atoms with Crippen LogP contribution in [0, 0.1) is 10.1 Å². The topological polar surface area (TPSA) is 108 Å². The lowest BCUT2D eigenvalue weighted by molar-refractivity contribution is -0.384. The van der Waals surface area contributed by atoms with Gasteiger partial charge in [-0.25, -0.2) is 9.97 Å². The van der Waals surface area contributed by atoms with Crippen LogP contribution in [0.1, 0.15) is 0 Å². The van der Waals surface area contributed by atoms with Crippen LogP contribution < -0.4 is 5.73 Å². The second kappa shape index (κ2) is 4.05. The van der Waals surface area contributed by atoms with Crippen molar-refractivity contribution >= 4 is 22.6 Å². The Kier molecular flexibility index (Phi) is 2.38. The second-order valence-electron chi connectivity index (χ2n) is 3.89. The molecule has 0 aliphatic heterocycles. The summed E-state index contributed by atoms with van der Waals surface area (Å²) in [6, 6.07) is 6.12. The number of nitro benzene ring substituents is 1. The van der Waals surface area contributed by atoms with E-state index in [0.717, 1.165) is 5.56 Å². The first-order valence-electron chi connectivity index (χ1n) is 5.39. The smallest absolute Gasteiger partial charge is 0.269 e. The first-order chi connectivity index (χ1) is 9.16. The number of nitro groups is 1. The van der Waals surface area contributed by atoms with Gasteiger partial charge in [-0.3, -0.25) is 10.1 Å². The van der Waals surface area contributed by atoms with Crippen molar-refractivity contribution in [1.29, 1.82) is 0 Å². The highest BCUT2D eigenvalue weighted by molar-refractivity contribution is 5.98. The van der Waals surface area contributed by atoms with E-state index in [1.165, 1.54) is 24.7 Å². The molecular formula is C12H8N4O3. The number of anilines is 1. The molecule has 0 bridgehead atoms. The van der Waals surface area contributed by atoms with Crippen LogP contribution in [0.25, 0.3) is 22.2 Å². The molecule has 2 aromatic heterocycles. The number of hydrogen-bond donors (Lipinski definition) is 1. The van der Waals surface area contributed by atoms with E-state index in [1.807, 2.05) is 0 Å². The first-order valence-corrected chi connectivity index (χ1v) is 5.39. The maximum atomic E-state index is 10.6. The summed E-state index contributed by atoms with van der Waals surface area (Å²) in [7, 11) is 0. The summed E-state index contributed by atoms with van der Waals surface area (Å²) in [5, 5.41) is 11.2. The fraction of sp³-hybridized carbons (Fsp3) is 0. The predicted molar refractivity (Wildman–Crippen MR) is 68.3 cm³/mol. The molecule has 3 rings (SSSR count). The monoisotopic (exact) mass is 256 g/mol. The van der Waals surface area contributed by atoms with Gasteiger partial charge in [0.05, 0.1) is 10.3 Å². The Morgan fingerprint density at radius 2 is 1.95 bits per heavy atom. The molecule has 0 fully saturated rings. The van der Waals surface area contributed by atoms with Gasteiger partial charge >= 0.3 is 0 Å². The van der Waals surface area contributed by atoms with Crippen LogP contribution in [0.3, 0.4) is 0 Å². The number of hydrogen-bond acceptors (Lipinski definition) is 6. The lowest BCUT2D eigenvalue weighted by atomic mass is 10.1. The van der Waals surface area contributed by atoms with Crippen LogP contribution in [0.15, 0.2) is 41.3 Å². The molecule has 0 saturated heterocycles. The van der Waals surface area contributed by atoms with E-state index in [2.05, 4.69) is 9.97 Å². The third-order valence-corrected chi connectivity index (χ3v) is 2.79. The predicted octanol–water partition coefficient (Wildman–Crippen LogP) is 2.38. The van der Waals surface area contributed by atoms with Crippen molar-refractivity contribution in [3.05, 3.63) is 47.0 Å². The van der Waals surface area contributed by atoms with Crippen molar-refractivity contribution in [2.45, 2.75) is 0 Å². The minimum atomic E-state index is -0.450. The van der Waals surface area contributed by atoms with Gasteiger partial charge in [-0.2, -0.15) is 0 Å². The molecule has 0 spiro atoms. The van der Waals surface area contributed by atoms with Crippen molar-refractivity contribution < 1.29 is 9.34 Å². The molecule has 0 aliphatic carbocycles. The zero-order chi connectivity index (χ0) is 13.4. The molecule has 2 N–H and O–H groups in total. The fourth-order valence-corrected chi connectivity index (χ4v) is 1.87. The van der Waals surface area contributed by atoms with Gasteiger partial charge in [-0.1, -0.05) is 0 Å². The molecule has 3 aromatic rings. The molecule has 0 radical (unpaired) electrons. The highest BCUT2D eigenvalue weighted by Gasteiger charge is 2.13. The highest BCUT2D eigenvalue weighted by Crippen LogP contribution is 2.32. The Balaban J connectivity index is 2.16. The third kappa shape index (κ3) is 1.77. The lowest BCUT2D eigenvalue weighted by Gasteiger charge is -1.99. The van der Waals surface area contributed by atoms with Gasteiger partial charge in [0.2, 0.25) is 5.71 Å². The van der Waals surface area contributed by atoms with E-state index in [9.17, 15) is 10.1 Å². The summed E-state index contributed by atoms with van der Waals surface area (Å²) in [6.07, 6.45) is 2.83. The summed E-state index contributed by atoms with van der Waals surface area (Å²) in [4.78, 5) is 18.0. The summed E-state index contributed by atoms with van der Waals surface area (Å²) in [5.41, 5.74) is 7.68. The molecule has 0 atom stereocenters. The Morgan fingerprint density at radius 1 is 1.21 bits per heavy atom. The SMILES string of the molecule is Nc1ncnc2occ(-c3ccc([N+](=O)[O-])cc3)c12. The van der Waals surface area contributed by atoms with E-state index < -0.39 is 4.92 Å². The van der Waals surface area contributed by atoms with Crippen LogP contribution in [0.2, 0.25) is 0 Å². The summed E-state index contributed by atoms with van der Waals surface area (Å²) in [6.45, 7) is 0. The standard InChI is InChI=1S/C12H8N4O3/c13-11-10-9(5-19-12(10)15-6-14-11)7-1-3-8(4-2-7)16(17)18/h1-6H,(H2,13,14,15). The zero-order valence-corrected chi connectivity index (χ0v) is 9.61. The maximum absolute atomic E-state index is 10.6.